The number of carbonyl (C=O) groups is 1. The molecule has 1 atom stereocenters. The van der Waals surface area contributed by atoms with Crippen LogP contribution in [0.3, 0.4) is 0 Å². The van der Waals surface area contributed by atoms with Crippen LogP contribution in [0.5, 0.6) is 5.75 Å². The summed E-state index contributed by atoms with van der Waals surface area (Å²) >= 11 is 1.31. The number of hydrogen-bond acceptors (Lipinski definition) is 6. The van der Waals surface area contributed by atoms with Crippen molar-refractivity contribution in [2.24, 2.45) is 0 Å². The molecule has 2 aromatic carbocycles. The number of nitrogens with one attached hydrogen (secondary N) is 1. The Bertz CT molecular complexity index is 990. The van der Waals surface area contributed by atoms with Gasteiger partial charge in [-0.2, -0.15) is 4.68 Å². The molecule has 0 spiro atoms. The van der Waals surface area contributed by atoms with Gasteiger partial charge in [0.25, 0.3) is 0 Å². The number of carbonyl (C=O) groups excluding carboxylic acids is 1. The maximum Gasteiger partial charge on any atom is 0.230 e. The summed E-state index contributed by atoms with van der Waals surface area (Å²) in [4.78, 5) is 12.6. The highest BCUT2D eigenvalue weighted by Gasteiger charge is 2.22. The summed E-state index contributed by atoms with van der Waals surface area (Å²) in [6, 6.07) is 16.0. The molecule has 1 aromatic heterocycles. The van der Waals surface area contributed by atoms with Crippen molar-refractivity contribution < 1.29 is 9.53 Å². The molecule has 1 heterocycles. The molecule has 0 saturated carbocycles. The quantitative estimate of drug-likeness (QED) is 0.603. The molecule has 0 bridgehead atoms. The Balaban J connectivity index is 1.42. The van der Waals surface area contributed by atoms with E-state index in [0.29, 0.717) is 17.5 Å². The minimum absolute atomic E-state index is 0.0238. The molecular weight excluding hydrogens is 386 g/mol. The second kappa shape index (κ2) is 9.09. The summed E-state index contributed by atoms with van der Waals surface area (Å²) in [5.41, 5.74) is 3.31. The summed E-state index contributed by atoms with van der Waals surface area (Å²) in [5, 5.41) is 15.6. The van der Waals surface area contributed by atoms with Crippen LogP contribution >= 0.6 is 11.8 Å². The summed E-state index contributed by atoms with van der Waals surface area (Å²) in [6.07, 6.45) is 3.12. The van der Waals surface area contributed by atoms with E-state index in [1.165, 1.54) is 22.9 Å². The zero-order valence-corrected chi connectivity index (χ0v) is 17.1. The van der Waals surface area contributed by atoms with Gasteiger partial charge in [-0.1, -0.05) is 48.2 Å². The molecule has 3 aromatic rings. The number of fused-ring (bicyclic) bond motifs is 1. The van der Waals surface area contributed by atoms with E-state index in [2.05, 4.69) is 39.0 Å². The van der Waals surface area contributed by atoms with E-state index in [1.54, 1.807) is 4.68 Å². The van der Waals surface area contributed by atoms with Gasteiger partial charge >= 0.3 is 0 Å². The van der Waals surface area contributed by atoms with Crippen LogP contribution in [-0.2, 0) is 11.2 Å². The van der Waals surface area contributed by atoms with Crippen molar-refractivity contribution >= 4 is 17.7 Å². The SMILES string of the molecule is CCOc1ccccc1-n1nnnc1SCC(=O)NC1CCCc2ccccc21. The number of rotatable bonds is 7. The van der Waals surface area contributed by atoms with Crippen LogP contribution in [0, 0.1) is 0 Å². The van der Waals surface area contributed by atoms with E-state index < -0.39 is 0 Å². The molecule has 7 nitrogen and oxygen atoms in total. The zero-order valence-electron chi connectivity index (χ0n) is 16.2. The molecule has 1 N–H and O–H groups in total. The summed E-state index contributed by atoms with van der Waals surface area (Å²) < 4.78 is 7.28. The molecule has 0 saturated heterocycles. The highest BCUT2D eigenvalue weighted by atomic mass is 32.2. The van der Waals surface area contributed by atoms with Crippen molar-refractivity contribution in [2.75, 3.05) is 12.4 Å². The van der Waals surface area contributed by atoms with Gasteiger partial charge in [-0.05, 0) is 59.9 Å². The van der Waals surface area contributed by atoms with E-state index in [9.17, 15) is 4.79 Å². The Morgan fingerprint density at radius 2 is 2.07 bits per heavy atom. The largest absolute Gasteiger partial charge is 0.492 e. The number of amides is 1. The smallest absolute Gasteiger partial charge is 0.230 e. The van der Waals surface area contributed by atoms with Gasteiger partial charge < -0.3 is 10.1 Å². The number of benzene rings is 2. The van der Waals surface area contributed by atoms with Gasteiger partial charge in [0.05, 0.1) is 18.4 Å². The third-order valence-corrected chi connectivity index (χ3v) is 5.79. The highest BCUT2D eigenvalue weighted by Crippen LogP contribution is 2.30. The van der Waals surface area contributed by atoms with E-state index in [-0.39, 0.29) is 17.7 Å². The van der Waals surface area contributed by atoms with Crippen molar-refractivity contribution in [3.8, 4) is 11.4 Å². The molecule has 8 heteroatoms. The topological polar surface area (TPSA) is 81.9 Å². The maximum atomic E-state index is 12.6. The molecular formula is C21H23N5O2S. The van der Waals surface area contributed by atoms with E-state index in [4.69, 9.17) is 4.74 Å². The van der Waals surface area contributed by atoms with Crippen molar-refractivity contribution in [1.29, 1.82) is 0 Å². The first kappa shape index (κ1) is 19.4. The van der Waals surface area contributed by atoms with Crippen molar-refractivity contribution in [2.45, 2.75) is 37.4 Å². The first-order chi connectivity index (χ1) is 14.3. The van der Waals surface area contributed by atoms with E-state index in [1.807, 2.05) is 37.3 Å². The Morgan fingerprint density at radius 1 is 1.24 bits per heavy atom. The number of para-hydroxylation sites is 2. The predicted octanol–water partition coefficient (Wildman–Crippen LogP) is 3.35. The lowest BCUT2D eigenvalue weighted by atomic mass is 9.88. The minimum Gasteiger partial charge on any atom is -0.492 e. The van der Waals surface area contributed by atoms with Crippen molar-refractivity contribution in [3.05, 3.63) is 59.7 Å². The lowest BCUT2D eigenvalue weighted by Crippen LogP contribution is -2.32. The van der Waals surface area contributed by atoms with Crippen LogP contribution in [0.25, 0.3) is 5.69 Å². The number of aryl methyl sites for hydroxylation is 1. The lowest BCUT2D eigenvalue weighted by Gasteiger charge is -2.26. The first-order valence-electron chi connectivity index (χ1n) is 9.77. The van der Waals surface area contributed by atoms with Gasteiger partial charge in [0.15, 0.2) is 0 Å². The fourth-order valence-electron chi connectivity index (χ4n) is 3.60. The van der Waals surface area contributed by atoms with Crippen LogP contribution < -0.4 is 10.1 Å². The minimum atomic E-state index is -0.0238. The van der Waals surface area contributed by atoms with Gasteiger partial charge in [0, 0.05) is 0 Å². The van der Waals surface area contributed by atoms with Gasteiger partial charge in [-0.3, -0.25) is 4.79 Å². The van der Waals surface area contributed by atoms with E-state index in [0.717, 1.165) is 24.9 Å². The number of hydrogen-bond donors (Lipinski definition) is 1. The fourth-order valence-corrected chi connectivity index (χ4v) is 4.29. The molecule has 1 aliphatic carbocycles. The molecule has 29 heavy (non-hydrogen) atoms. The normalized spacial score (nSPS) is 15.6. The van der Waals surface area contributed by atoms with Crippen molar-refractivity contribution in [3.63, 3.8) is 0 Å². The fraction of sp³-hybridized carbons (Fsp3) is 0.333. The molecule has 4 rings (SSSR count). The molecule has 0 aliphatic heterocycles. The van der Waals surface area contributed by atoms with Crippen LogP contribution in [-0.4, -0.2) is 38.5 Å². The van der Waals surface area contributed by atoms with Crippen molar-refractivity contribution in [1.82, 2.24) is 25.5 Å². The zero-order chi connectivity index (χ0) is 20.1. The maximum absolute atomic E-state index is 12.6. The lowest BCUT2D eigenvalue weighted by molar-refractivity contribution is -0.119. The number of thioether (sulfide) groups is 1. The highest BCUT2D eigenvalue weighted by molar-refractivity contribution is 7.99. The average molecular weight is 410 g/mol. The second-order valence-corrected chi connectivity index (χ2v) is 7.72. The van der Waals surface area contributed by atoms with Gasteiger partial charge in [-0.15, -0.1) is 5.10 Å². The Morgan fingerprint density at radius 3 is 2.97 bits per heavy atom. The predicted molar refractivity (Wildman–Crippen MR) is 111 cm³/mol. The second-order valence-electron chi connectivity index (χ2n) is 6.77. The van der Waals surface area contributed by atoms with Gasteiger partial charge in [0.2, 0.25) is 11.1 Å². The van der Waals surface area contributed by atoms with Crippen LogP contribution in [0.2, 0.25) is 0 Å². The Kier molecular flexibility index (Phi) is 6.09. The monoisotopic (exact) mass is 409 g/mol. The number of ether oxygens (including phenoxy) is 1. The Labute approximate surface area is 173 Å². The standard InChI is InChI=1S/C21H23N5O2S/c1-2-28-19-13-6-5-12-18(19)26-21(23-24-25-26)29-14-20(27)22-17-11-7-9-15-8-3-4-10-16(15)17/h3-6,8,10,12-13,17H,2,7,9,11,14H2,1H3,(H,22,27). The third-order valence-electron chi connectivity index (χ3n) is 4.87. The number of tetrazole rings is 1. The van der Waals surface area contributed by atoms with Gasteiger partial charge in [0.1, 0.15) is 11.4 Å². The summed E-state index contributed by atoms with van der Waals surface area (Å²) in [5.74, 6) is 0.923. The molecule has 1 aliphatic rings. The first-order valence-corrected chi connectivity index (χ1v) is 10.8. The summed E-state index contributed by atoms with van der Waals surface area (Å²) in [7, 11) is 0. The molecule has 1 amide bonds. The van der Waals surface area contributed by atoms with Crippen LogP contribution in [0.15, 0.2) is 53.7 Å². The third kappa shape index (κ3) is 4.42. The number of aromatic nitrogens is 4. The Hall–Kier alpha value is -2.87. The average Bonchev–Trinajstić information content (AvgIpc) is 3.22. The van der Waals surface area contributed by atoms with Crippen LogP contribution in [0.1, 0.15) is 36.9 Å². The number of nitrogens with zero attached hydrogens (tertiary/aromatic N) is 4. The van der Waals surface area contributed by atoms with E-state index >= 15 is 0 Å². The van der Waals surface area contributed by atoms with Crippen LogP contribution in [0.4, 0.5) is 0 Å². The summed E-state index contributed by atoms with van der Waals surface area (Å²) in [6.45, 7) is 2.48. The molecule has 150 valence electrons. The molecule has 0 fully saturated rings. The van der Waals surface area contributed by atoms with Gasteiger partial charge in [-0.25, -0.2) is 0 Å². The molecule has 0 radical (unpaired) electrons. The molecule has 1 unspecified atom stereocenters.